The lowest BCUT2D eigenvalue weighted by atomic mass is 10.2. The van der Waals surface area contributed by atoms with E-state index in [1.807, 2.05) is 0 Å². The van der Waals surface area contributed by atoms with Crippen LogP contribution in [-0.4, -0.2) is 47.3 Å². The smallest absolute Gasteiger partial charge is 0.110 e. The van der Waals surface area contributed by atoms with Crippen LogP contribution >= 0.6 is 0 Å². The Bertz CT molecular complexity index is 806. The summed E-state index contributed by atoms with van der Waals surface area (Å²) < 4.78 is 7.81. The first kappa shape index (κ1) is 16.3. The number of ether oxygens (including phenoxy) is 1. The molecule has 25 heavy (non-hydrogen) atoms. The fraction of sp³-hybridized carbons (Fsp3) is 0.381. The van der Waals surface area contributed by atoms with Crippen molar-refractivity contribution in [3.05, 3.63) is 66.0 Å². The normalized spacial score (nSPS) is 15.7. The lowest BCUT2D eigenvalue weighted by Crippen LogP contribution is -2.37. The maximum absolute atomic E-state index is 5.43. The number of aryl methyl sites for hydroxylation is 1. The molecule has 130 valence electrons. The predicted molar refractivity (Wildman–Crippen MR) is 101 cm³/mol. The van der Waals surface area contributed by atoms with Crippen LogP contribution in [0.4, 0.5) is 0 Å². The zero-order chi connectivity index (χ0) is 16.9. The molecule has 0 N–H and O–H groups in total. The van der Waals surface area contributed by atoms with E-state index in [0.29, 0.717) is 0 Å². The van der Waals surface area contributed by atoms with Crippen molar-refractivity contribution in [2.45, 2.75) is 19.4 Å². The lowest BCUT2D eigenvalue weighted by Gasteiger charge is -2.26. The molecule has 0 bridgehead atoms. The van der Waals surface area contributed by atoms with E-state index in [0.717, 1.165) is 57.8 Å². The maximum Gasteiger partial charge on any atom is 0.110 e. The second kappa shape index (κ2) is 7.81. The monoisotopic (exact) mass is 335 g/mol. The van der Waals surface area contributed by atoms with Crippen molar-refractivity contribution in [1.29, 1.82) is 0 Å². The summed E-state index contributed by atoms with van der Waals surface area (Å²) in [7, 11) is 0. The van der Waals surface area contributed by atoms with Gasteiger partial charge in [0.15, 0.2) is 0 Å². The van der Waals surface area contributed by atoms with E-state index in [1.54, 1.807) is 0 Å². The predicted octanol–water partition coefficient (Wildman–Crippen LogP) is 3.35. The van der Waals surface area contributed by atoms with Crippen LogP contribution in [0.25, 0.3) is 11.0 Å². The molecule has 0 unspecified atom stereocenters. The molecule has 0 saturated carbocycles. The van der Waals surface area contributed by atoms with E-state index in [9.17, 15) is 0 Å². The number of hydrogen-bond donors (Lipinski definition) is 0. The first-order chi connectivity index (χ1) is 12.4. The largest absolute Gasteiger partial charge is 0.379 e. The molecule has 2 aromatic carbocycles. The van der Waals surface area contributed by atoms with Crippen LogP contribution in [0.15, 0.2) is 54.6 Å². The minimum atomic E-state index is 0.868. The summed E-state index contributed by atoms with van der Waals surface area (Å²) in [6.07, 6.45) is 2.15. The van der Waals surface area contributed by atoms with Gasteiger partial charge in [0.25, 0.3) is 0 Å². The van der Waals surface area contributed by atoms with Crippen LogP contribution in [0.2, 0.25) is 0 Å². The van der Waals surface area contributed by atoms with Crippen LogP contribution in [0.5, 0.6) is 0 Å². The molecule has 1 aliphatic rings. The molecule has 4 heteroatoms. The van der Waals surface area contributed by atoms with Gasteiger partial charge in [0.2, 0.25) is 0 Å². The number of aromatic nitrogens is 2. The highest BCUT2D eigenvalue weighted by molar-refractivity contribution is 5.76. The summed E-state index contributed by atoms with van der Waals surface area (Å²) in [5, 5.41) is 0. The number of rotatable bonds is 6. The van der Waals surface area contributed by atoms with Gasteiger partial charge in [-0.25, -0.2) is 4.98 Å². The molecule has 0 radical (unpaired) electrons. The Morgan fingerprint density at radius 1 is 0.920 bits per heavy atom. The number of para-hydroxylation sites is 2. The molecule has 0 spiro atoms. The van der Waals surface area contributed by atoms with Crippen LogP contribution in [0.1, 0.15) is 17.8 Å². The Hall–Kier alpha value is -2.17. The number of benzene rings is 2. The summed E-state index contributed by atoms with van der Waals surface area (Å²) in [6.45, 7) is 5.85. The van der Waals surface area contributed by atoms with Crippen molar-refractivity contribution in [2.75, 3.05) is 32.8 Å². The molecule has 3 aromatic rings. The van der Waals surface area contributed by atoms with Gasteiger partial charge >= 0.3 is 0 Å². The van der Waals surface area contributed by atoms with Gasteiger partial charge in [-0.2, -0.15) is 0 Å². The van der Waals surface area contributed by atoms with Gasteiger partial charge in [-0.1, -0.05) is 42.5 Å². The summed E-state index contributed by atoms with van der Waals surface area (Å²) in [6, 6.07) is 19.1. The number of imidazole rings is 1. The molecule has 0 atom stereocenters. The van der Waals surface area contributed by atoms with Crippen molar-refractivity contribution >= 4 is 11.0 Å². The van der Waals surface area contributed by atoms with Gasteiger partial charge in [-0.3, -0.25) is 4.90 Å². The fourth-order valence-electron chi connectivity index (χ4n) is 3.54. The molecular weight excluding hydrogens is 310 g/mol. The third kappa shape index (κ3) is 3.91. The molecule has 0 aliphatic carbocycles. The Kier molecular flexibility index (Phi) is 5.09. The standard InChI is InChI=1S/C21H25N3O/c1-2-7-18(8-3-1)17-24-20-10-5-4-9-19(20)22-21(24)11-6-12-23-13-15-25-16-14-23/h1-5,7-10H,6,11-17H2. The van der Waals surface area contributed by atoms with Crippen molar-refractivity contribution in [1.82, 2.24) is 14.5 Å². The molecule has 1 aliphatic heterocycles. The zero-order valence-electron chi connectivity index (χ0n) is 14.6. The van der Waals surface area contributed by atoms with Gasteiger partial charge in [0.05, 0.1) is 24.2 Å². The minimum absolute atomic E-state index is 0.868. The Morgan fingerprint density at radius 3 is 2.52 bits per heavy atom. The van der Waals surface area contributed by atoms with Gasteiger partial charge in [-0.05, 0) is 30.7 Å². The second-order valence-electron chi connectivity index (χ2n) is 6.65. The number of fused-ring (bicyclic) bond motifs is 1. The van der Waals surface area contributed by atoms with Gasteiger partial charge < -0.3 is 9.30 Å². The third-order valence-electron chi connectivity index (χ3n) is 4.90. The van der Waals surface area contributed by atoms with E-state index < -0.39 is 0 Å². The van der Waals surface area contributed by atoms with E-state index in [2.05, 4.69) is 64.1 Å². The highest BCUT2D eigenvalue weighted by atomic mass is 16.5. The van der Waals surface area contributed by atoms with Gasteiger partial charge in [0.1, 0.15) is 5.82 Å². The van der Waals surface area contributed by atoms with E-state index in [4.69, 9.17) is 9.72 Å². The fourth-order valence-corrected chi connectivity index (χ4v) is 3.54. The highest BCUT2D eigenvalue weighted by Crippen LogP contribution is 2.19. The average Bonchev–Trinajstić information content (AvgIpc) is 3.01. The number of nitrogens with zero attached hydrogens (tertiary/aromatic N) is 3. The Morgan fingerprint density at radius 2 is 1.68 bits per heavy atom. The third-order valence-corrected chi connectivity index (χ3v) is 4.90. The van der Waals surface area contributed by atoms with Crippen LogP contribution < -0.4 is 0 Å². The molecule has 0 amide bonds. The van der Waals surface area contributed by atoms with E-state index in [1.165, 1.54) is 16.9 Å². The number of morpholine rings is 1. The van der Waals surface area contributed by atoms with Gasteiger partial charge in [0, 0.05) is 26.1 Å². The molecule has 1 aromatic heterocycles. The molecule has 1 fully saturated rings. The zero-order valence-corrected chi connectivity index (χ0v) is 14.6. The van der Waals surface area contributed by atoms with E-state index >= 15 is 0 Å². The van der Waals surface area contributed by atoms with Crippen molar-refractivity contribution in [3.63, 3.8) is 0 Å². The van der Waals surface area contributed by atoms with Crippen LogP contribution in [-0.2, 0) is 17.7 Å². The number of hydrogen-bond acceptors (Lipinski definition) is 3. The van der Waals surface area contributed by atoms with Crippen LogP contribution in [0.3, 0.4) is 0 Å². The average molecular weight is 335 g/mol. The van der Waals surface area contributed by atoms with Gasteiger partial charge in [-0.15, -0.1) is 0 Å². The van der Waals surface area contributed by atoms with Crippen molar-refractivity contribution in [3.8, 4) is 0 Å². The molecule has 2 heterocycles. The van der Waals surface area contributed by atoms with Crippen molar-refractivity contribution < 1.29 is 4.74 Å². The SMILES string of the molecule is c1ccc(Cn2c(CCCN3CCOCC3)nc3ccccc32)cc1. The molecule has 4 nitrogen and oxygen atoms in total. The first-order valence-corrected chi connectivity index (χ1v) is 9.18. The summed E-state index contributed by atoms with van der Waals surface area (Å²) in [5.41, 5.74) is 3.65. The highest BCUT2D eigenvalue weighted by Gasteiger charge is 2.13. The maximum atomic E-state index is 5.43. The second-order valence-corrected chi connectivity index (χ2v) is 6.65. The molecule has 4 rings (SSSR count). The topological polar surface area (TPSA) is 30.3 Å². The Balaban J connectivity index is 1.51. The molecule has 1 saturated heterocycles. The lowest BCUT2D eigenvalue weighted by molar-refractivity contribution is 0.0374. The van der Waals surface area contributed by atoms with Crippen molar-refractivity contribution in [2.24, 2.45) is 0 Å². The summed E-state index contributed by atoms with van der Waals surface area (Å²) in [4.78, 5) is 7.40. The minimum Gasteiger partial charge on any atom is -0.379 e. The molecular formula is C21H25N3O. The van der Waals surface area contributed by atoms with E-state index in [-0.39, 0.29) is 0 Å². The Labute approximate surface area is 149 Å². The first-order valence-electron chi connectivity index (χ1n) is 9.18. The van der Waals surface area contributed by atoms with Crippen LogP contribution in [0, 0.1) is 0 Å². The quantitative estimate of drug-likeness (QED) is 0.692. The summed E-state index contributed by atoms with van der Waals surface area (Å²) >= 11 is 0. The summed E-state index contributed by atoms with van der Waals surface area (Å²) in [5.74, 6) is 1.19.